The van der Waals surface area contributed by atoms with E-state index >= 15 is 0 Å². The van der Waals surface area contributed by atoms with Crippen LogP contribution in [-0.4, -0.2) is 28.8 Å². The maximum Gasteiger partial charge on any atom is 0.203 e. The average Bonchev–Trinajstić information content (AvgIpc) is 2.82. The molecule has 1 saturated heterocycles. The van der Waals surface area contributed by atoms with Gasteiger partial charge >= 0.3 is 0 Å². The molecule has 0 bridgehead atoms. The highest BCUT2D eigenvalue weighted by Gasteiger charge is 2.29. The summed E-state index contributed by atoms with van der Waals surface area (Å²) in [6.45, 7) is 4.97. The molecule has 2 atom stereocenters. The fourth-order valence-electron chi connectivity index (χ4n) is 2.57. The molecule has 0 radical (unpaired) electrons. The van der Waals surface area contributed by atoms with Crippen LogP contribution in [0.1, 0.15) is 18.5 Å². The summed E-state index contributed by atoms with van der Waals surface area (Å²) in [5.41, 5.74) is 1.10. The molecule has 15 heavy (non-hydrogen) atoms. The largest absolute Gasteiger partial charge is 0.381 e. The smallest absolute Gasteiger partial charge is 0.203 e. The van der Waals surface area contributed by atoms with Gasteiger partial charge in [0.1, 0.15) is 0 Å². The first-order valence-electron chi connectivity index (χ1n) is 5.71. The summed E-state index contributed by atoms with van der Waals surface area (Å²) in [6, 6.07) is 0.557. The minimum atomic E-state index is 0.557. The van der Waals surface area contributed by atoms with E-state index in [9.17, 15) is 0 Å². The Morgan fingerprint density at radius 3 is 3.27 bits per heavy atom. The van der Waals surface area contributed by atoms with Crippen molar-refractivity contribution in [1.82, 2.24) is 9.55 Å². The zero-order chi connectivity index (χ0) is 10.3. The lowest BCUT2D eigenvalue weighted by Gasteiger charge is -2.29. The topological polar surface area (TPSA) is 39.1 Å². The third-order valence-corrected chi connectivity index (χ3v) is 3.43. The Bertz CT molecular complexity index is 355. The molecular formula is C11H17N3O. The van der Waals surface area contributed by atoms with E-state index in [0.29, 0.717) is 12.0 Å². The van der Waals surface area contributed by atoms with E-state index in [1.807, 2.05) is 6.92 Å². The third-order valence-electron chi connectivity index (χ3n) is 3.43. The molecule has 4 heteroatoms. The summed E-state index contributed by atoms with van der Waals surface area (Å²) in [4.78, 5) is 4.48. The van der Waals surface area contributed by atoms with Crippen LogP contribution in [0.3, 0.4) is 0 Å². The molecule has 4 nitrogen and oxygen atoms in total. The van der Waals surface area contributed by atoms with Gasteiger partial charge in [-0.15, -0.1) is 0 Å². The maximum absolute atomic E-state index is 5.44. The summed E-state index contributed by atoms with van der Waals surface area (Å²) in [5.74, 6) is 1.71. The number of fused-ring (bicyclic) bond motifs is 1. The van der Waals surface area contributed by atoms with Crippen LogP contribution in [0, 0.1) is 12.8 Å². The molecule has 2 aliphatic heterocycles. The van der Waals surface area contributed by atoms with E-state index in [1.54, 1.807) is 0 Å². The summed E-state index contributed by atoms with van der Waals surface area (Å²) in [6.07, 6.45) is 4.50. The van der Waals surface area contributed by atoms with Gasteiger partial charge in [-0.1, -0.05) is 0 Å². The van der Waals surface area contributed by atoms with E-state index in [2.05, 4.69) is 21.1 Å². The van der Waals surface area contributed by atoms with E-state index in [4.69, 9.17) is 4.74 Å². The zero-order valence-electron chi connectivity index (χ0n) is 9.07. The van der Waals surface area contributed by atoms with Crippen LogP contribution in [0.4, 0.5) is 5.95 Å². The van der Waals surface area contributed by atoms with Gasteiger partial charge in [0, 0.05) is 31.3 Å². The Morgan fingerprint density at radius 1 is 1.53 bits per heavy atom. The predicted octanol–water partition coefficient (Wildman–Crippen LogP) is 1.41. The van der Waals surface area contributed by atoms with E-state index < -0.39 is 0 Å². The molecule has 2 unspecified atom stereocenters. The molecule has 1 aromatic rings. The van der Waals surface area contributed by atoms with Crippen molar-refractivity contribution < 1.29 is 4.74 Å². The standard InChI is InChI=1S/C11H17N3O/c1-8-6-14-4-2-10(13-11(14)12-8)9-3-5-15-7-9/h6,9-10H,2-5,7H2,1H3,(H,12,13). The van der Waals surface area contributed by atoms with Crippen LogP contribution in [-0.2, 0) is 11.3 Å². The number of aromatic nitrogens is 2. The molecule has 0 aromatic carbocycles. The average molecular weight is 207 g/mol. The summed E-state index contributed by atoms with van der Waals surface area (Å²) < 4.78 is 7.65. The van der Waals surface area contributed by atoms with E-state index in [1.165, 1.54) is 12.8 Å². The molecule has 1 aromatic heterocycles. The Morgan fingerprint density at radius 2 is 2.47 bits per heavy atom. The number of nitrogens with zero attached hydrogens (tertiary/aromatic N) is 2. The normalized spacial score (nSPS) is 29.9. The summed E-state index contributed by atoms with van der Waals surface area (Å²) in [7, 11) is 0. The minimum Gasteiger partial charge on any atom is -0.381 e. The predicted molar refractivity (Wildman–Crippen MR) is 57.9 cm³/mol. The molecule has 2 aliphatic rings. The van der Waals surface area contributed by atoms with Crippen LogP contribution in [0.15, 0.2) is 6.20 Å². The molecule has 0 aliphatic carbocycles. The van der Waals surface area contributed by atoms with Gasteiger partial charge in [-0.3, -0.25) is 0 Å². The molecule has 0 spiro atoms. The summed E-state index contributed by atoms with van der Waals surface area (Å²) in [5, 5.41) is 3.53. The third kappa shape index (κ3) is 1.63. The van der Waals surface area contributed by atoms with Crippen molar-refractivity contribution in [3.05, 3.63) is 11.9 Å². The molecule has 1 fully saturated rings. The SMILES string of the molecule is Cc1cn2c(n1)NC(C1CCOC1)CC2. The van der Waals surface area contributed by atoms with E-state index in [0.717, 1.165) is 31.4 Å². The van der Waals surface area contributed by atoms with Gasteiger partial charge in [0.25, 0.3) is 0 Å². The fraction of sp³-hybridized carbons (Fsp3) is 0.727. The molecule has 0 saturated carbocycles. The van der Waals surface area contributed by atoms with Crippen molar-refractivity contribution in [1.29, 1.82) is 0 Å². The first-order chi connectivity index (χ1) is 7.33. The van der Waals surface area contributed by atoms with Gasteiger partial charge in [-0.2, -0.15) is 0 Å². The van der Waals surface area contributed by atoms with Crippen LogP contribution < -0.4 is 5.32 Å². The zero-order valence-corrected chi connectivity index (χ0v) is 9.07. The Labute approximate surface area is 89.6 Å². The monoisotopic (exact) mass is 207 g/mol. The minimum absolute atomic E-state index is 0.557. The number of hydrogen-bond donors (Lipinski definition) is 1. The second-order valence-electron chi connectivity index (χ2n) is 4.56. The molecule has 3 heterocycles. The number of hydrogen-bond acceptors (Lipinski definition) is 3. The highest BCUT2D eigenvalue weighted by molar-refractivity contribution is 5.32. The molecule has 0 amide bonds. The molecule has 1 N–H and O–H groups in total. The quantitative estimate of drug-likeness (QED) is 0.756. The lowest BCUT2D eigenvalue weighted by Crippen LogP contribution is -2.35. The lowest BCUT2D eigenvalue weighted by atomic mass is 9.95. The van der Waals surface area contributed by atoms with Crippen LogP contribution in [0.25, 0.3) is 0 Å². The van der Waals surface area contributed by atoms with Gasteiger partial charge in [0.2, 0.25) is 5.95 Å². The van der Waals surface area contributed by atoms with E-state index in [-0.39, 0.29) is 0 Å². The maximum atomic E-state index is 5.44. The fourth-order valence-corrected chi connectivity index (χ4v) is 2.57. The Balaban J connectivity index is 1.76. The number of rotatable bonds is 1. The summed E-state index contributed by atoms with van der Waals surface area (Å²) >= 11 is 0. The van der Waals surface area contributed by atoms with Crippen molar-refractivity contribution in [3.8, 4) is 0 Å². The first kappa shape index (κ1) is 9.21. The second-order valence-corrected chi connectivity index (χ2v) is 4.56. The Hall–Kier alpha value is -1.03. The highest BCUT2D eigenvalue weighted by atomic mass is 16.5. The van der Waals surface area contributed by atoms with Gasteiger partial charge in [-0.25, -0.2) is 4.98 Å². The van der Waals surface area contributed by atoms with Crippen LogP contribution in [0.2, 0.25) is 0 Å². The number of ether oxygens (including phenoxy) is 1. The lowest BCUT2D eigenvalue weighted by molar-refractivity contribution is 0.180. The number of nitrogens with one attached hydrogen (secondary N) is 1. The molecule has 3 rings (SSSR count). The van der Waals surface area contributed by atoms with Gasteiger partial charge in [0.05, 0.1) is 12.3 Å². The van der Waals surface area contributed by atoms with Crippen molar-refractivity contribution in [2.24, 2.45) is 5.92 Å². The highest BCUT2D eigenvalue weighted by Crippen LogP contribution is 2.26. The van der Waals surface area contributed by atoms with Crippen molar-refractivity contribution >= 4 is 5.95 Å². The Kier molecular flexibility index (Phi) is 2.16. The number of imidazole rings is 1. The van der Waals surface area contributed by atoms with Crippen molar-refractivity contribution in [2.75, 3.05) is 18.5 Å². The van der Waals surface area contributed by atoms with Crippen molar-refractivity contribution in [2.45, 2.75) is 32.4 Å². The first-order valence-corrected chi connectivity index (χ1v) is 5.71. The van der Waals surface area contributed by atoms with Gasteiger partial charge < -0.3 is 14.6 Å². The number of anilines is 1. The van der Waals surface area contributed by atoms with Crippen molar-refractivity contribution in [3.63, 3.8) is 0 Å². The second kappa shape index (κ2) is 3.52. The number of aryl methyl sites for hydroxylation is 2. The molecule has 82 valence electrons. The van der Waals surface area contributed by atoms with Gasteiger partial charge in [0.15, 0.2) is 0 Å². The van der Waals surface area contributed by atoms with Crippen LogP contribution >= 0.6 is 0 Å². The van der Waals surface area contributed by atoms with Gasteiger partial charge in [-0.05, 0) is 19.8 Å². The van der Waals surface area contributed by atoms with Crippen LogP contribution in [0.5, 0.6) is 0 Å². The molecular weight excluding hydrogens is 190 g/mol.